The smallest absolute Gasteiger partial charge is 0.246 e. The van der Waals surface area contributed by atoms with Crippen molar-refractivity contribution >= 4 is 11.6 Å². The Labute approximate surface area is 85.2 Å². The quantitative estimate of drug-likeness (QED) is 0.628. The van der Waals surface area contributed by atoms with Gasteiger partial charge in [-0.05, 0) is 19.3 Å². The molecule has 2 atom stereocenters. The molecule has 1 saturated carbocycles. The van der Waals surface area contributed by atoms with E-state index in [-0.39, 0.29) is 11.8 Å². The average Bonchev–Trinajstić information content (AvgIpc) is 2.23. The van der Waals surface area contributed by atoms with Gasteiger partial charge in [-0.25, -0.2) is 5.01 Å². The Morgan fingerprint density at radius 2 is 2.00 bits per heavy atom. The fourth-order valence-electron chi connectivity index (χ4n) is 2.71. The molecule has 3 nitrogen and oxygen atoms in total. The van der Waals surface area contributed by atoms with Gasteiger partial charge >= 0.3 is 0 Å². The fraction of sp³-hybridized carbons (Fsp3) is 0.818. The number of hydrogen-bond donors (Lipinski definition) is 0. The van der Waals surface area contributed by atoms with Crippen LogP contribution in [0.25, 0.3) is 0 Å². The number of rotatable bonds is 1. The zero-order valence-electron chi connectivity index (χ0n) is 8.99. The summed E-state index contributed by atoms with van der Waals surface area (Å²) in [4.78, 5) is 11.8. The highest BCUT2D eigenvalue weighted by Gasteiger charge is 2.38. The van der Waals surface area contributed by atoms with Crippen LogP contribution in [0.2, 0.25) is 0 Å². The molecule has 2 rings (SSSR count). The van der Waals surface area contributed by atoms with E-state index in [1.807, 2.05) is 0 Å². The van der Waals surface area contributed by atoms with Crippen molar-refractivity contribution in [2.45, 2.75) is 39.0 Å². The maximum Gasteiger partial charge on any atom is 0.246 e. The fourth-order valence-corrected chi connectivity index (χ4v) is 2.71. The van der Waals surface area contributed by atoms with E-state index in [1.54, 1.807) is 12.1 Å². The van der Waals surface area contributed by atoms with Crippen LogP contribution in [-0.4, -0.2) is 23.7 Å². The molecule has 14 heavy (non-hydrogen) atoms. The van der Waals surface area contributed by atoms with Crippen LogP contribution in [0.15, 0.2) is 5.10 Å². The van der Waals surface area contributed by atoms with Crippen LogP contribution in [0.4, 0.5) is 0 Å². The van der Waals surface area contributed by atoms with Gasteiger partial charge in [-0.2, -0.15) is 5.10 Å². The first kappa shape index (κ1) is 9.69. The van der Waals surface area contributed by atoms with Crippen molar-refractivity contribution in [1.29, 1.82) is 0 Å². The molecule has 0 radical (unpaired) electrons. The van der Waals surface area contributed by atoms with Crippen molar-refractivity contribution in [2.75, 3.05) is 7.05 Å². The molecule has 0 aromatic rings. The van der Waals surface area contributed by atoms with Gasteiger partial charge in [0.25, 0.3) is 0 Å². The lowest BCUT2D eigenvalue weighted by Crippen LogP contribution is -2.44. The first-order chi connectivity index (χ1) is 6.74. The summed E-state index contributed by atoms with van der Waals surface area (Å²) in [7, 11) is 1.78. The van der Waals surface area contributed by atoms with E-state index in [0.29, 0.717) is 5.92 Å². The van der Waals surface area contributed by atoms with E-state index in [0.717, 1.165) is 19.3 Å². The standard InChI is InChI=1S/C11H18N2O/c1-3-10-8-6-4-5-7-9(8)11(14)13(2)12-10/h8-9H,3-7H2,1-2H3. The highest BCUT2D eigenvalue weighted by atomic mass is 16.2. The summed E-state index contributed by atoms with van der Waals surface area (Å²) < 4.78 is 0. The Hall–Kier alpha value is -0.860. The molecule has 0 N–H and O–H groups in total. The molecule has 0 saturated heterocycles. The molecule has 1 amide bonds. The van der Waals surface area contributed by atoms with Crippen LogP contribution in [0, 0.1) is 11.8 Å². The first-order valence-corrected chi connectivity index (χ1v) is 5.59. The summed E-state index contributed by atoms with van der Waals surface area (Å²) in [5, 5.41) is 5.91. The lowest BCUT2D eigenvalue weighted by molar-refractivity contribution is -0.137. The third-order valence-electron chi connectivity index (χ3n) is 3.47. The normalized spacial score (nSPS) is 32.6. The van der Waals surface area contributed by atoms with Crippen LogP contribution < -0.4 is 0 Å². The monoisotopic (exact) mass is 194 g/mol. The van der Waals surface area contributed by atoms with Crippen LogP contribution in [-0.2, 0) is 4.79 Å². The predicted molar refractivity (Wildman–Crippen MR) is 55.9 cm³/mol. The van der Waals surface area contributed by atoms with Crippen LogP contribution in [0.5, 0.6) is 0 Å². The minimum atomic E-state index is 0.229. The van der Waals surface area contributed by atoms with Crippen molar-refractivity contribution in [1.82, 2.24) is 5.01 Å². The zero-order chi connectivity index (χ0) is 10.1. The van der Waals surface area contributed by atoms with Gasteiger partial charge < -0.3 is 0 Å². The third-order valence-corrected chi connectivity index (χ3v) is 3.47. The van der Waals surface area contributed by atoms with Gasteiger partial charge in [-0.3, -0.25) is 4.79 Å². The molecule has 2 unspecified atom stereocenters. The van der Waals surface area contributed by atoms with Gasteiger partial charge in [0, 0.05) is 24.6 Å². The molecule has 0 aromatic carbocycles. The second-order valence-electron chi connectivity index (χ2n) is 4.30. The van der Waals surface area contributed by atoms with Gasteiger partial charge in [0.05, 0.1) is 0 Å². The van der Waals surface area contributed by atoms with Gasteiger partial charge in [0.1, 0.15) is 0 Å². The molecule has 0 bridgehead atoms. The molecule has 3 heteroatoms. The van der Waals surface area contributed by atoms with E-state index in [9.17, 15) is 4.79 Å². The second kappa shape index (κ2) is 3.71. The number of hydrazone groups is 1. The Morgan fingerprint density at radius 3 is 2.64 bits per heavy atom. The first-order valence-electron chi connectivity index (χ1n) is 5.59. The van der Waals surface area contributed by atoms with E-state index < -0.39 is 0 Å². The van der Waals surface area contributed by atoms with Crippen LogP contribution >= 0.6 is 0 Å². The molecule has 1 aliphatic heterocycles. The SMILES string of the molecule is CCC1=NN(C)C(=O)C2CCCCC12. The predicted octanol–water partition coefficient (Wildman–Crippen LogP) is 2.03. The van der Waals surface area contributed by atoms with E-state index in [4.69, 9.17) is 0 Å². The summed E-state index contributed by atoms with van der Waals surface area (Å²) >= 11 is 0. The molecule has 2 aliphatic rings. The Bertz CT molecular complexity index is 272. The number of carbonyl (C=O) groups is 1. The molecule has 0 aromatic heterocycles. The van der Waals surface area contributed by atoms with Crippen molar-refractivity contribution in [3.05, 3.63) is 0 Å². The largest absolute Gasteiger partial charge is 0.273 e. The van der Waals surface area contributed by atoms with Crippen LogP contribution in [0.1, 0.15) is 39.0 Å². The summed E-state index contributed by atoms with van der Waals surface area (Å²) in [5.41, 5.74) is 1.23. The summed E-state index contributed by atoms with van der Waals surface area (Å²) in [5.74, 6) is 0.922. The Kier molecular flexibility index (Phi) is 2.57. The number of amides is 1. The summed E-state index contributed by atoms with van der Waals surface area (Å²) in [6.07, 6.45) is 5.68. The minimum absolute atomic E-state index is 0.229. The van der Waals surface area contributed by atoms with E-state index in [2.05, 4.69) is 12.0 Å². The van der Waals surface area contributed by atoms with E-state index in [1.165, 1.54) is 18.6 Å². The van der Waals surface area contributed by atoms with Crippen molar-refractivity contribution < 1.29 is 4.79 Å². The molecule has 0 spiro atoms. The number of nitrogens with zero attached hydrogens (tertiary/aromatic N) is 2. The highest BCUT2D eigenvalue weighted by Crippen LogP contribution is 2.35. The molecule has 1 heterocycles. The maximum absolute atomic E-state index is 11.8. The number of fused-ring (bicyclic) bond motifs is 1. The van der Waals surface area contributed by atoms with Gasteiger partial charge in [-0.15, -0.1) is 0 Å². The lowest BCUT2D eigenvalue weighted by atomic mass is 9.74. The topological polar surface area (TPSA) is 32.7 Å². The zero-order valence-corrected chi connectivity index (χ0v) is 8.99. The van der Waals surface area contributed by atoms with Crippen LogP contribution in [0.3, 0.4) is 0 Å². The lowest BCUT2D eigenvalue weighted by Gasteiger charge is -2.37. The maximum atomic E-state index is 11.8. The molecular formula is C11H18N2O. The van der Waals surface area contributed by atoms with Gasteiger partial charge in [0.2, 0.25) is 5.91 Å². The average molecular weight is 194 g/mol. The van der Waals surface area contributed by atoms with Crippen molar-refractivity contribution in [3.8, 4) is 0 Å². The number of hydrogen-bond acceptors (Lipinski definition) is 2. The minimum Gasteiger partial charge on any atom is -0.273 e. The summed E-state index contributed by atoms with van der Waals surface area (Å²) in [6.45, 7) is 2.13. The summed E-state index contributed by atoms with van der Waals surface area (Å²) in [6, 6.07) is 0. The van der Waals surface area contributed by atoms with Gasteiger partial charge in [0.15, 0.2) is 0 Å². The Balaban J connectivity index is 2.27. The second-order valence-corrected chi connectivity index (χ2v) is 4.30. The van der Waals surface area contributed by atoms with Crippen molar-refractivity contribution in [3.63, 3.8) is 0 Å². The Morgan fingerprint density at radius 1 is 1.36 bits per heavy atom. The third kappa shape index (κ3) is 1.45. The van der Waals surface area contributed by atoms with Crippen molar-refractivity contribution in [2.24, 2.45) is 16.9 Å². The highest BCUT2D eigenvalue weighted by molar-refractivity contribution is 5.95. The van der Waals surface area contributed by atoms with E-state index >= 15 is 0 Å². The molecule has 1 aliphatic carbocycles. The van der Waals surface area contributed by atoms with Gasteiger partial charge in [-0.1, -0.05) is 19.8 Å². The molecular weight excluding hydrogens is 176 g/mol. The number of carbonyl (C=O) groups excluding carboxylic acids is 1. The molecule has 78 valence electrons. The molecule has 1 fully saturated rings.